The van der Waals surface area contributed by atoms with Crippen molar-refractivity contribution in [1.29, 1.82) is 0 Å². The quantitative estimate of drug-likeness (QED) is 0.161. The van der Waals surface area contributed by atoms with Crippen LogP contribution in [0, 0.1) is 0 Å². The fourth-order valence-corrected chi connectivity index (χ4v) is 7.72. The molecule has 0 bridgehead atoms. The van der Waals surface area contributed by atoms with Gasteiger partial charge in [-0.3, -0.25) is 4.52 Å². The van der Waals surface area contributed by atoms with Crippen molar-refractivity contribution in [1.82, 2.24) is 0 Å². The molecule has 196 valence electrons. The van der Waals surface area contributed by atoms with Crippen LogP contribution < -0.4 is 0 Å². The third-order valence-electron chi connectivity index (χ3n) is 8.59. The summed E-state index contributed by atoms with van der Waals surface area (Å²) in [6, 6.07) is 1.59. The largest absolute Gasteiger partial charge is 0.470 e. The number of quaternary nitrogens is 1. The zero-order chi connectivity index (χ0) is 24.6. The van der Waals surface area contributed by atoms with Crippen LogP contribution in [-0.2, 0) is 18.6 Å². The second kappa shape index (κ2) is 13.0. The SMILES string of the molecule is C=C(C)C(=O)OCCC(C[N+](C1CCCCC1)(C1CCCCC1)C1CCCCC1)OP(=O)(O)O. The van der Waals surface area contributed by atoms with Crippen LogP contribution in [0.25, 0.3) is 0 Å². The molecule has 0 aliphatic heterocycles. The van der Waals surface area contributed by atoms with Crippen molar-refractivity contribution in [2.24, 2.45) is 0 Å². The highest BCUT2D eigenvalue weighted by molar-refractivity contribution is 7.46. The fourth-order valence-electron chi connectivity index (χ4n) is 7.16. The number of phosphoric acid groups is 1. The van der Waals surface area contributed by atoms with Crippen LogP contribution in [0.1, 0.15) is 110 Å². The summed E-state index contributed by atoms with van der Waals surface area (Å²) in [4.78, 5) is 31.5. The molecule has 1 atom stereocenters. The van der Waals surface area contributed by atoms with E-state index in [1.54, 1.807) is 6.92 Å². The van der Waals surface area contributed by atoms with Gasteiger partial charge in [-0.05, 0) is 84.0 Å². The molecule has 0 spiro atoms. The topological polar surface area (TPSA) is 93.1 Å². The molecule has 8 heteroatoms. The Labute approximate surface area is 206 Å². The van der Waals surface area contributed by atoms with Crippen molar-refractivity contribution in [2.45, 2.75) is 134 Å². The Balaban J connectivity index is 1.91. The van der Waals surface area contributed by atoms with Gasteiger partial charge < -0.3 is 19.0 Å². The molecule has 0 heterocycles. The number of hydrogen-bond donors (Lipinski definition) is 2. The minimum Gasteiger partial charge on any atom is -0.462 e. The minimum absolute atomic E-state index is 0.0797. The second-order valence-electron chi connectivity index (χ2n) is 11.0. The van der Waals surface area contributed by atoms with Gasteiger partial charge in [0.25, 0.3) is 0 Å². The standard InChI is InChI=1S/C26H46NO6P/c1-21(2)26(28)32-19-18-25(33-34(29,30)31)20-27(22-12-6-3-7-13-22,23-14-8-4-9-15-23)24-16-10-5-11-17-24/h22-25H,1,3-20H2,2H3,(H-,29,30,31)/p+1. The van der Waals surface area contributed by atoms with Gasteiger partial charge in [0, 0.05) is 12.0 Å². The number of nitrogens with zero attached hydrogens (tertiary/aromatic N) is 1. The van der Waals surface area contributed by atoms with Crippen LogP contribution in [-0.4, -0.2) is 57.6 Å². The maximum Gasteiger partial charge on any atom is 0.470 e. The highest BCUT2D eigenvalue weighted by Crippen LogP contribution is 2.46. The van der Waals surface area contributed by atoms with E-state index >= 15 is 0 Å². The monoisotopic (exact) mass is 500 g/mol. The normalized spacial score (nSPS) is 22.9. The van der Waals surface area contributed by atoms with Gasteiger partial charge in [-0.15, -0.1) is 0 Å². The maximum absolute atomic E-state index is 12.0. The predicted molar refractivity (Wildman–Crippen MR) is 133 cm³/mol. The first-order chi connectivity index (χ1) is 16.2. The Bertz CT molecular complexity index is 659. The lowest BCUT2D eigenvalue weighted by Gasteiger charge is -2.58. The fraction of sp³-hybridized carbons (Fsp3) is 0.885. The predicted octanol–water partition coefficient (Wildman–Crippen LogP) is 5.79. The van der Waals surface area contributed by atoms with Crippen molar-refractivity contribution in [3.63, 3.8) is 0 Å². The summed E-state index contributed by atoms with van der Waals surface area (Å²) in [7, 11) is -4.68. The Morgan fingerprint density at radius 3 is 1.65 bits per heavy atom. The molecule has 3 aliphatic rings. The molecule has 1 unspecified atom stereocenters. The van der Waals surface area contributed by atoms with Crippen LogP contribution in [0.2, 0.25) is 0 Å². The summed E-state index contributed by atoms with van der Waals surface area (Å²) in [5, 5.41) is 0. The second-order valence-corrected chi connectivity index (χ2v) is 12.2. The van der Waals surface area contributed by atoms with Crippen molar-refractivity contribution in [3.05, 3.63) is 12.2 Å². The van der Waals surface area contributed by atoms with Gasteiger partial charge in [0.2, 0.25) is 0 Å². The summed E-state index contributed by atoms with van der Waals surface area (Å²) < 4.78 is 23.7. The number of phosphoric ester groups is 1. The molecule has 3 rings (SSSR count). The van der Waals surface area contributed by atoms with E-state index in [0.717, 1.165) is 4.48 Å². The molecule has 0 aromatic carbocycles. The molecular formula is C26H47NO6P+. The van der Waals surface area contributed by atoms with E-state index in [-0.39, 0.29) is 13.0 Å². The van der Waals surface area contributed by atoms with E-state index in [2.05, 4.69) is 6.58 Å². The van der Waals surface area contributed by atoms with Gasteiger partial charge in [-0.1, -0.05) is 25.8 Å². The van der Waals surface area contributed by atoms with Crippen LogP contribution in [0.4, 0.5) is 0 Å². The highest BCUT2D eigenvalue weighted by Gasteiger charge is 2.51. The summed E-state index contributed by atoms with van der Waals surface area (Å²) in [5.41, 5.74) is 0.323. The third kappa shape index (κ3) is 7.64. The molecule has 34 heavy (non-hydrogen) atoms. The zero-order valence-electron chi connectivity index (χ0n) is 21.2. The number of hydrogen-bond acceptors (Lipinski definition) is 4. The molecule has 7 nitrogen and oxygen atoms in total. The van der Waals surface area contributed by atoms with Gasteiger partial charge in [0.1, 0.15) is 12.6 Å². The van der Waals surface area contributed by atoms with Crippen molar-refractivity contribution in [3.8, 4) is 0 Å². The molecule has 0 radical (unpaired) electrons. The molecule has 3 fully saturated rings. The van der Waals surface area contributed by atoms with Crippen LogP contribution >= 0.6 is 7.82 Å². The first-order valence-electron chi connectivity index (χ1n) is 13.7. The molecule has 3 saturated carbocycles. The minimum atomic E-state index is -4.68. The summed E-state index contributed by atoms with van der Waals surface area (Å²) >= 11 is 0. The van der Waals surface area contributed by atoms with E-state index in [9.17, 15) is 19.1 Å². The average molecular weight is 501 g/mol. The Morgan fingerprint density at radius 1 is 0.882 bits per heavy atom. The van der Waals surface area contributed by atoms with Crippen LogP contribution in [0.15, 0.2) is 12.2 Å². The van der Waals surface area contributed by atoms with Gasteiger partial charge in [0.05, 0.1) is 24.7 Å². The summed E-state index contributed by atoms with van der Waals surface area (Å²) in [6.07, 6.45) is 18.1. The molecule has 0 amide bonds. The van der Waals surface area contributed by atoms with Crippen LogP contribution in [0.3, 0.4) is 0 Å². The molecule has 0 saturated heterocycles. The van der Waals surface area contributed by atoms with Crippen LogP contribution in [0.5, 0.6) is 0 Å². The van der Waals surface area contributed by atoms with E-state index in [1.807, 2.05) is 0 Å². The number of carbonyl (C=O) groups is 1. The van der Waals surface area contributed by atoms with E-state index in [1.165, 1.54) is 96.3 Å². The number of ether oxygens (including phenoxy) is 1. The lowest BCUT2D eigenvalue weighted by atomic mass is 9.80. The van der Waals surface area contributed by atoms with Crippen molar-refractivity contribution < 1.29 is 32.9 Å². The molecule has 3 aliphatic carbocycles. The third-order valence-corrected chi connectivity index (χ3v) is 9.16. The van der Waals surface area contributed by atoms with Crippen molar-refractivity contribution >= 4 is 13.8 Å². The first kappa shape index (κ1) is 27.9. The highest BCUT2D eigenvalue weighted by atomic mass is 31.2. The Kier molecular flexibility index (Phi) is 10.7. The van der Waals surface area contributed by atoms with Gasteiger partial charge in [0.15, 0.2) is 0 Å². The number of esters is 1. The molecule has 0 aromatic rings. The van der Waals surface area contributed by atoms with E-state index in [4.69, 9.17) is 9.26 Å². The average Bonchev–Trinajstić information content (AvgIpc) is 2.83. The first-order valence-corrected chi connectivity index (χ1v) is 15.2. The maximum atomic E-state index is 12.0. The number of rotatable bonds is 11. The van der Waals surface area contributed by atoms with E-state index in [0.29, 0.717) is 30.2 Å². The van der Waals surface area contributed by atoms with Gasteiger partial charge in [-0.25, -0.2) is 9.36 Å². The molecule has 0 aromatic heterocycles. The lowest BCUT2D eigenvalue weighted by Crippen LogP contribution is -2.69. The number of carbonyl (C=O) groups excluding carboxylic acids is 1. The summed E-state index contributed by atoms with van der Waals surface area (Å²) in [6.45, 7) is 5.91. The smallest absolute Gasteiger partial charge is 0.462 e. The van der Waals surface area contributed by atoms with Gasteiger partial charge >= 0.3 is 13.8 Å². The lowest BCUT2D eigenvalue weighted by molar-refractivity contribution is -1.000. The van der Waals surface area contributed by atoms with Gasteiger partial charge in [-0.2, -0.15) is 0 Å². The Morgan fingerprint density at radius 2 is 1.29 bits per heavy atom. The van der Waals surface area contributed by atoms with Crippen molar-refractivity contribution in [2.75, 3.05) is 13.2 Å². The molecule has 2 N–H and O–H groups in total. The zero-order valence-corrected chi connectivity index (χ0v) is 22.1. The molecular weight excluding hydrogens is 453 g/mol. The Hall–Kier alpha value is -0.720. The summed E-state index contributed by atoms with van der Waals surface area (Å²) in [5.74, 6) is -0.470. The van der Waals surface area contributed by atoms with E-state index < -0.39 is 19.9 Å².